The van der Waals surface area contributed by atoms with Crippen LogP contribution in [0.25, 0.3) is 0 Å². The summed E-state index contributed by atoms with van der Waals surface area (Å²) in [5.74, 6) is 0.879. The molecule has 0 N–H and O–H groups in total. The van der Waals surface area contributed by atoms with Gasteiger partial charge in [-0.3, -0.25) is 4.79 Å². The number of carbonyl (C=O) groups excluding carboxylic acids is 1. The first-order valence-corrected chi connectivity index (χ1v) is 6.93. The number of benzene rings is 1. The molecule has 0 heterocycles. The molecule has 96 valence electrons. The largest absolute Gasteiger partial charge is 0.349 e. The van der Waals surface area contributed by atoms with Crippen molar-refractivity contribution in [3.05, 3.63) is 35.9 Å². The number of amides is 1. The average molecular weight is 262 g/mol. The first-order chi connectivity index (χ1) is 8.65. The van der Waals surface area contributed by atoms with Crippen LogP contribution in [0, 0.1) is 11.3 Å². The van der Waals surface area contributed by atoms with E-state index in [2.05, 4.69) is 6.07 Å². The fourth-order valence-electron chi connectivity index (χ4n) is 1.54. The van der Waals surface area contributed by atoms with Crippen molar-refractivity contribution in [1.29, 1.82) is 5.26 Å². The van der Waals surface area contributed by atoms with Gasteiger partial charge in [0.1, 0.15) is 0 Å². The molecule has 0 spiro atoms. The molecule has 0 fully saturated rings. The lowest BCUT2D eigenvalue weighted by Gasteiger charge is -2.15. The molecule has 1 amide bonds. The maximum absolute atomic E-state index is 11.5. The summed E-state index contributed by atoms with van der Waals surface area (Å²) in [5.41, 5.74) is 1.15. The molecule has 1 unspecified atom stereocenters. The lowest BCUT2D eigenvalue weighted by atomic mass is 10.1. The predicted octanol–water partition coefficient (Wildman–Crippen LogP) is 2.85. The predicted molar refractivity (Wildman–Crippen MR) is 75.2 cm³/mol. The van der Waals surface area contributed by atoms with Crippen LogP contribution in [-0.2, 0) is 4.79 Å². The third-order valence-electron chi connectivity index (χ3n) is 2.58. The zero-order chi connectivity index (χ0) is 13.4. The van der Waals surface area contributed by atoms with Crippen LogP contribution < -0.4 is 0 Å². The van der Waals surface area contributed by atoms with Crippen molar-refractivity contribution in [2.45, 2.75) is 18.1 Å². The molecule has 0 bridgehead atoms. The van der Waals surface area contributed by atoms with E-state index in [9.17, 15) is 4.79 Å². The quantitative estimate of drug-likeness (QED) is 0.792. The second-order valence-electron chi connectivity index (χ2n) is 4.17. The van der Waals surface area contributed by atoms with E-state index in [4.69, 9.17) is 5.26 Å². The summed E-state index contributed by atoms with van der Waals surface area (Å²) in [6.45, 7) is 0. The van der Waals surface area contributed by atoms with E-state index in [-0.39, 0.29) is 11.2 Å². The number of nitrogens with zero attached hydrogens (tertiary/aromatic N) is 2. The average Bonchev–Trinajstić information content (AvgIpc) is 2.38. The minimum absolute atomic E-state index is 0.131. The first-order valence-electron chi connectivity index (χ1n) is 5.88. The summed E-state index contributed by atoms with van der Waals surface area (Å²) >= 11 is 1.67. The van der Waals surface area contributed by atoms with Crippen molar-refractivity contribution >= 4 is 17.7 Å². The minimum Gasteiger partial charge on any atom is -0.349 e. The Labute approximate surface area is 113 Å². The van der Waals surface area contributed by atoms with Gasteiger partial charge in [0.05, 0.1) is 12.5 Å². The summed E-state index contributed by atoms with van der Waals surface area (Å²) in [5, 5.41) is 9.01. The third-order valence-corrected chi connectivity index (χ3v) is 3.86. The Morgan fingerprint density at radius 2 is 2.06 bits per heavy atom. The summed E-state index contributed by atoms with van der Waals surface area (Å²) in [7, 11) is 3.52. The highest BCUT2D eigenvalue weighted by molar-refractivity contribution is 7.99. The highest BCUT2D eigenvalue weighted by Crippen LogP contribution is 2.31. The summed E-state index contributed by atoms with van der Waals surface area (Å²) in [6, 6.07) is 12.2. The van der Waals surface area contributed by atoms with Crippen molar-refractivity contribution in [2.24, 2.45) is 0 Å². The van der Waals surface area contributed by atoms with E-state index < -0.39 is 0 Å². The maximum Gasteiger partial charge on any atom is 0.222 e. The SMILES string of the molecule is CN(C)C(=O)CCSC(CC#N)c1ccccc1. The molecule has 0 saturated heterocycles. The Bertz CT molecular complexity index is 412. The highest BCUT2D eigenvalue weighted by Gasteiger charge is 2.12. The zero-order valence-corrected chi connectivity index (χ0v) is 11.6. The van der Waals surface area contributed by atoms with E-state index in [1.165, 1.54) is 0 Å². The molecule has 1 atom stereocenters. The van der Waals surface area contributed by atoms with E-state index >= 15 is 0 Å². The van der Waals surface area contributed by atoms with Crippen molar-refractivity contribution in [3.8, 4) is 6.07 Å². The van der Waals surface area contributed by atoms with E-state index in [0.717, 1.165) is 11.3 Å². The Morgan fingerprint density at radius 1 is 1.39 bits per heavy atom. The van der Waals surface area contributed by atoms with Gasteiger partial charge < -0.3 is 4.90 Å². The lowest BCUT2D eigenvalue weighted by molar-refractivity contribution is -0.128. The van der Waals surface area contributed by atoms with Gasteiger partial charge in [-0.2, -0.15) is 17.0 Å². The number of nitriles is 1. The Kier molecular flexibility index (Phi) is 6.31. The van der Waals surface area contributed by atoms with Crippen LogP contribution in [0.2, 0.25) is 0 Å². The van der Waals surface area contributed by atoms with Crippen LogP contribution in [0.1, 0.15) is 23.7 Å². The number of rotatable bonds is 6. The topological polar surface area (TPSA) is 44.1 Å². The van der Waals surface area contributed by atoms with E-state index in [1.54, 1.807) is 30.8 Å². The van der Waals surface area contributed by atoms with Gasteiger partial charge in [0.15, 0.2) is 0 Å². The molecule has 1 aromatic carbocycles. The van der Waals surface area contributed by atoms with Crippen LogP contribution in [0.3, 0.4) is 0 Å². The number of hydrogen-bond acceptors (Lipinski definition) is 3. The number of carbonyl (C=O) groups is 1. The van der Waals surface area contributed by atoms with Crippen LogP contribution >= 0.6 is 11.8 Å². The molecule has 0 aliphatic rings. The van der Waals surface area contributed by atoms with Crippen LogP contribution in [-0.4, -0.2) is 30.7 Å². The fourth-order valence-corrected chi connectivity index (χ4v) is 2.65. The molecule has 1 aromatic rings. The molecular formula is C14H18N2OS. The van der Waals surface area contributed by atoms with Gasteiger partial charge in [0.2, 0.25) is 5.91 Å². The molecule has 4 heteroatoms. The Balaban J connectivity index is 2.50. The standard InChI is InChI=1S/C14H18N2OS/c1-16(2)14(17)9-11-18-13(8-10-15)12-6-4-3-5-7-12/h3-7,13H,8-9,11H2,1-2H3. The number of hydrogen-bond donors (Lipinski definition) is 0. The summed E-state index contributed by atoms with van der Waals surface area (Å²) in [4.78, 5) is 13.1. The molecule has 0 aromatic heterocycles. The molecule has 0 saturated carbocycles. The van der Waals surface area contributed by atoms with Crippen LogP contribution in [0.4, 0.5) is 0 Å². The van der Waals surface area contributed by atoms with Gasteiger partial charge >= 0.3 is 0 Å². The smallest absolute Gasteiger partial charge is 0.222 e. The monoisotopic (exact) mass is 262 g/mol. The van der Waals surface area contributed by atoms with Gasteiger partial charge in [0.25, 0.3) is 0 Å². The molecule has 0 aliphatic carbocycles. The minimum atomic E-state index is 0.131. The molecule has 0 radical (unpaired) electrons. The summed E-state index contributed by atoms with van der Waals surface area (Å²) < 4.78 is 0. The second kappa shape index (κ2) is 7.78. The number of thioether (sulfide) groups is 1. The van der Waals surface area contributed by atoms with Gasteiger partial charge in [0, 0.05) is 31.5 Å². The molecule has 3 nitrogen and oxygen atoms in total. The highest BCUT2D eigenvalue weighted by atomic mass is 32.2. The fraction of sp³-hybridized carbons (Fsp3) is 0.429. The summed E-state index contributed by atoms with van der Waals surface area (Å²) in [6.07, 6.45) is 0.997. The van der Waals surface area contributed by atoms with E-state index in [0.29, 0.717) is 12.8 Å². The molecule has 1 rings (SSSR count). The second-order valence-corrected chi connectivity index (χ2v) is 5.48. The Hall–Kier alpha value is -1.47. The first kappa shape index (κ1) is 14.6. The molecule has 0 aliphatic heterocycles. The van der Waals surface area contributed by atoms with Crippen molar-refractivity contribution in [2.75, 3.05) is 19.8 Å². The normalized spacial score (nSPS) is 11.6. The lowest BCUT2D eigenvalue weighted by Crippen LogP contribution is -2.21. The van der Waals surface area contributed by atoms with Gasteiger partial charge in [-0.15, -0.1) is 0 Å². The van der Waals surface area contributed by atoms with Gasteiger partial charge in [-0.25, -0.2) is 0 Å². The maximum atomic E-state index is 11.5. The van der Waals surface area contributed by atoms with Crippen LogP contribution in [0.15, 0.2) is 30.3 Å². The third kappa shape index (κ3) is 4.80. The molecule has 18 heavy (non-hydrogen) atoms. The van der Waals surface area contributed by atoms with Crippen molar-refractivity contribution < 1.29 is 4.79 Å². The van der Waals surface area contributed by atoms with Gasteiger partial charge in [-0.05, 0) is 5.56 Å². The molecular weight excluding hydrogens is 244 g/mol. The Morgan fingerprint density at radius 3 is 2.61 bits per heavy atom. The van der Waals surface area contributed by atoms with Crippen LogP contribution in [0.5, 0.6) is 0 Å². The van der Waals surface area contributed by atoms with Crippen molar-refractivity contribution in [3.63, 3.8) is 0 Å². The van der Waals surface area contributed by atoms with Crippen molar-refractivity contribution in [1.82, 2.24) is 4.90 Å². The zero-order valence-electron chi connectivity index (χ0n) is 10.8. The van der Waals surface area contributed by atoms with Gasteiger partial charge in [-0.1, -0.05) is 30.3 Å². The van der Waals surface area contributed by atoms with E-state index in [1.807, 2.05) is 30.3 Å².